The Balaban J connectivity index is 1.21. The smallest absolute Gasteiger partial charge is 0.317 e. The third-order valence-electron chi connectivity index (χ3n) is 5.49. The van der Waals surface area contributed by atoms with Gasteiger partial charge in [0.1, 0.15) is 10.8 Å². The van der Waals surface area contributed by atoms with E-state index in [1.165, 1.54) is 5.56 Å². The molecule has 3 aromatic rings. The fraction of sp³-hybridized carbons (Fsp3) is 0.333. The van der Waals surface area contributed by atoms with Gasteiger partial charge in [-0.1, -0.05) is 30.3 Å². The van der Waals surface area contributed by atoms with Gasteiger partial charge in [0.2, 0.25) is 0 Å². The number of aromatic nitrogens is 1. The van der Waals surface area contributed by atoms with Gasteiger partial charge < -0.3 is 15.0 Å². The van der Waals surface area contributed by atoms with Gasteiger partial charge in [-0.15, -0.1) is 11.3 Å². The molecule has 0 unspecified atom stereocenters. The minimum absolute atomic E-state index is 0.0339. The van der Waals surface area contributed by atoms with Crippen molar-refractivity contribution in [2.45, 2.75) is 13.0 Å². The van der Waals surface area contributed by atoms with Crippen molar-refractivity contribution in [2.75, 3.05) is 39.8 Å². The number of rotatable bonds is 7. The number of hydrogen-bond donors (Lipinski definition) is 1. The van der Waals surface area contributed by atoms with Crippen LogP contribution in [-0.4, -0.2) is 60.6 Å². The van der Waals surface area contributed by atoms with Crippen LogP contribution in [0.15, 0.2) is 60.0 Å². The molecule has 31 heavy (non-hydrogen) atoms. The lowest BCUT2D eigenvalue weighted by Crippen LogP contribution is -2.51. The second kappa shape index (κ2) is 10.4. The van der Waals surface area contributed by atoms with Gasteiger partial charge in [-0.3, -0.25) is 4.90 Å². The maximum Gasteiger partial charge on any atom is 0.317 e. The molecule has 0 bridgehead atoms. The van der Waals surface area contributed by atoms with E-state index >= 15 is 0 Å². The molecule has 1 aliphatic heterocycles. The first kappa shape index (κ1) is 21.3. The van der Waals surface area contributed by atoms with E-state index < -0.39 is 0 Å². The Morgan fingerprint density at radius 1 is 1.06 bits per heavy atom. The average Bonchev–Trinajstić information content (AvgIpc) is 3.29. The number of benzene rings is 2. The molecule has 2 heterocycles. The van der Waals surface area contributed by atoms with E-state index in [1.54, 1.807) is 18.4 Å². The highest BCUT2D eigenvalue weighted by Gasteiger charge is 2.21. The van der Waals surface area contributed by atoms with E-state index in [9.17, 15) is 4.79 Å². The van der Waals surface area contributed by atoms with Crippen LogP contribution in [0.25, 0.3) is 11.3 Å². The van der Waals surface area contributed by atoms with Crippen LogP contribution in [0.4, 0.5) is 4.79 Å². The molecule has 1 aromatic heterocycles. The fourth-order valence-corrected chi connectivity index (χ4v) is 4.49. The summed E-state index contributed by atoms with van der Waals surface area (Å²) in [5, 5.41) is 6.25. The van der Waals surface area contributed by atoms with Crippen LogP contribution in [-0.2, 0) is 13.0 Å². The molecule has 1 fully saturated rings. The summed E-state index contributed by atoms with van der Waals surface area (Å²) >= 11 is 1.69. The molecule has 2 aromatic carbocycles. The maximum atomic E-state index is 12.4. The van der Waals surface area contributed by atoms with Gasteiger partial charge >= 0.3 is 6.03 Å². The van der Waals surface area contributed by atoms with Crippen LogP contribution < -0.4 is 10.1 Å². The lowest BCUT2D eigenvalue weighted by atomic mass is 10.1. The summed E-state index contributed by atoms with van der Waals surface area (Å²) in [6, 6.07) is 18.3. The zero-order valence-corrected chi connectivity index (χ0v) is 18.6. The number of thiazole rings is 1. The molecule has 0 spiro atoms. The molecule has 1 saturated heterocycles. The minimum Gasteiger partial charge on any atom is -0.497 e. The Labute approximate surface area is 187 Å². The second-order valence-corrected chi connectivity index (χ2v) is 8.53. The molecule has 2 amide bonds. The molecule has 1 N–H and O–H groups in total. The first-order chi connectivity index (χ1) is 15.2. The summed E-state index contributed by atoms with van der Waals surface area (Å²) in [7, 11) is 1.67. The van der Waals surface area contributed by atoms with E-state index in [1.807, 2.05) is 47.4 Å². The van der Waals surface area contributed by atoms with Crippen LogP contribution >= 0.6 is 11.3 Å². The van der Waals surface area contributed by atoms with Crippen LogP contribution in [0.1, 0.15) is 10.6 Å². The fourth-order valence-electron chi connectivity index (χ4n) is 3.65. The Kier molecular flexibility index (Phi) is 7.17. The van der Waals surface area contributed by atoms with Gasteiger partial charge in [0.25, 0.3) is 0 Å². The number of carbonyl (C=O) groups excluding carboxylic acids is 1. The summed E-state index contributed by atoms with van der Waals surface area (Å²) in [6.45, 7) is 4.70. The van der Waals surface area contributed by atoms with Crippen molar-refractivity contribution in [2.24, 2.45) is 0 Å². The predicted molar refractivity (Wildman–Crippen MR) is 124 cm³/mol. The second-order valence-electron chi connectivity index (χ2n) is 7.59. The van der Waals surface area contributed by atoms with Crippen LogP contribution in [0.3, 0.4) is 0 Å². The number of hydrogen-bond acceptors (Lipinski definition) is 5. The van der Waals surface area contributed by atoms with Crippen molar-refractivity contribution in [3.63, 3.8) is 0 Å². The summed E-state index contributed by atoms with van der Waals surface area (Å²) < 4.78 is 5.22. The number of nitrogens with zero attached hydrogens (tertiary/aromatic N) is 3. The van der Waals surface area contributed by atoms with Gasteiger partial charge in [-0.05, 0) is 36.2 Å². The highest BCUT2D eigenvalue weighted by molar-refractivity contribution is 7.09. The molecule has 0 saturated carbocycles. The van der Waals surface area contributed by atoms with Gasteiger partial charge in [-0.2, -0.15) is 0 Å². The average molecular weight is 437 g/mol. The minimum atomic E-state index is 0.0339. The summed E-state index contributed by atoms with van der Waals surface area (Å²) in [5.41, 5.74) is 3.34. The summed E-state index contributed by atoms with van der Waals surface area (Å²) in [4.78, 5) is 21.5. The van der Waals surface area contributed by atoms with E-state index in [0.29, 0.717) is 6.54 Å². The number of ether oxygens (including phenoxy) is 1. The monoisotopic (exact) mass is 436 g/mol. The standard InChI is InChI=1S/C24H28N4O2S/c1-30-21-9-7-20(8-10-21)22-18-31-23(26-22)17-27-13-15-28(16-14-27)24(29)25-12-11-19-5-3-2-4-6-19/h2-10,18H,11-17H2,1H3,(H,25,29). The molecule has 0 atom stereocenters. The number of urea groups is 1. The molecule has 162 valence electrons. The predicted octanol–water partition coefficient (Wildman–Crippen LogP) is 3.89. The molecule has 0 aliphatic carbocycles. The molecule has 1 aliphatic rings. The Hall–Kier alpha value is -2.90. The lowest BCUT2D eigenvalue weighted by Gasteiger charge is -2.34. The SMILES string of the molecule is COc1ccc(-c2csc(CN3CCN(C(=O)NCCc4ccccc4)CC3)n2)cc1. The van der Waals surface area contributed by atoms with E-state index in [-0.39, 0.29) is 6.03 Å². The highest BCUT2D eigenvalue weighted by atomic mass is 32.1. The van der Waals surface area contributed by atoms with Crippen molar-refractivity contribution in [1.29, 1.82) is 0 Å². The van der Waals surface area contributed by atoms with Crippen molar-refractivity contribution >= 4 is 17.4 Å². The Bertz CT molecular complexity index is 967. The van der Waals surface area contributed by atoms with E-state index in [4.69, 9.17) is 9.72 Å². The summed E-state index contributed by atoms with van der Waals surface area (Å²) in [6.07, 6.45) is 0.854. The highest BCUT2D eigenvalue weighted by Crippen LogP contribution is 2.25. The molecule has 7 heteroatoms. The van der Waals surface area contributed by atoms with Gasteiger partial charge in [0, 0.05) is 43.7 Å². The quantitative estimate of drug-likeness (QED) is 0.611. The number of nitrogens with one attached hydrogen (secondary N) is 1. The first-order valence-corrected chi connectivity index (χ1v) is 11.5. The van der Waals surface area contributed by atoms with Crippen LogP contribution in [0.5, 0.6) is 5.75 Å². The lowest BCUT2D eigenvalue weighted by molar-refractivity contribution is 0.135. The van der Waals surface area contributed by atoms with Crippen molar-refractivity contribution in [3.8, 4) is 17.0 Å². The molecular weight excluding hydrogens is 408 g/mol. The maximum absolute atomic E-state index is 12.4. The van der Waals surface area contributed by atoms with Crippen LogP contribution in [0.2, 0.25) is 0 Å². The number of amides is 2. The van der Waals surface area contributed by atoms with E-state index in [2.05, 4.69) is 27.7 Å². The molecule has 4 rings (SSSR count). The van der Waals surface area contributed by atoms with Gasteiger partial charge in [-0.25, -0.2) is 9.78 Å². The third-order valence-corrected chi connectivity index (χ3v) is 6.32. The topological polar surface area (TPSA) is 57.7 Å². The third kappa shape index (κ3) is 5.83. The number of carbonyl (C=O) groups is 1. The van der Waals surface area contributed by atoms with Gasteiger partial charge in [0.15, 0.2) is 0 Å². The zero-order chi connectivity index (χ0) is 21.5. The number of piperazine rings is 1. The number of methoxy groups -OCH3 is 1. The van der Waals surface area contributed by atoms with Gasteiger partial charge in [0.05, 0.1) is 19.3 Å². The van der Waals surface area contributed by atoms with Crippen LogP contribution in [0, 0.1) is 0 Å². The zero-order valence-electron chi connectivity index (χ0n) is 17.8. The normalized spacial score (nSPS) is 14.4. The Morgan fingerprint density at radius 3 is 2.52 bits per heavy atom. The first-order valence-electron chi connectivity index (χ1n) is 10.6. The largest absolute Gasteiger partial charge is 0.497 e. The Morgan fingerprint density at radius 2 is 1.81 bits per heavy atom. The van der Waals surface area contributed by atoms with Crippen molar-refractivity contribution in [1.82, 2.24) is 20.1 Å². The van der Waals surface area contributed by atoms with Crippen molar-refractivity contribution in [3.05, 3.63) is 70.5 Å². The van der Waals surface area contributed by atoms with E-state index in [0.717, 1.165) is 61.2 Å². The molecule has 0 radical (unpaired) electrons. The van der Waals surface area contributed by atoms with Crippen molar-refractivity contribution < 1.29 is 9.53 Å². The molecular formula is C24H28N4O2S. The summed E-state index contributed by atoms with van der Waals surface area (Å²) in [5.74, 6) is 0.848. The molecule has 6 nitrogen and oxygen atoms in total.